The molecule has 0 amide bonds. The van der Waals surface area contributed by atoms with Crippen LogP contribution in [-0.2, 0) is 10.8 Å². The van der Waals surface area contributed by atoms with E-state index in [1.54, 1.807) is 0 Å². The summed E-state index contributed by atoms with van der Waals surface area (Å²) in [7, 11) is 0. The lowest BCUT2D eigenvalue weighted by Gasteiger charge is -2.15. The predicted octanol–water partition coefficient (Wildman–Crippen LogP) is 3.33. The van der Waals surface area contributed by atoms with Crippen molar-refractivity contribution in [1.82, 2.24) is 5.16 Å². The minimum absolute atomic E-state index is 0.0700. The molecule has 0 aliphatic heterocycles. The molecule has 2 heteroatoms. The Bertz CT molecular complexity index is 330. The summed E-state index contributed by atoms with van der Waals surface area (Å²) in [6.45, 7) is 10.9. The van der Waals surface area contributed by atoms with Crippen LogP contribution in [-0.4, -0.2) is 5.16 Å². The lowest BCUT2D eigenvalue weighted by Crippen LogP contribution is -2.12. The molecule has 0 spiro atoms. The molecule has 1 aromatic rings. The molecule has 1 saturated carbocycles. The summed E-state index contributed by atoms with van der Waals surface area (Å²) >= 11 is 0. The Balaban J connectivity index is 2.43. The van der Waals surface area contributed by atoms with Crippen LogP contribution in [0.4, 0.5) is 0 Å². The van der Waals surface area contributed by atoms with E-state index in [0.29, 0.717) is 5.41 Å². The summed E-state index contributed by atoms with van der Waals surface area (Å²) in [5.74, 6) is 1.04. The van der Waals surface area contributed by atoms with Gasteiger partial charge in [-0.2, -0.15) is 0 Å². The van der Waals surface area contributed by atoms with Gasteiger partial charge in [0.05, 0.1) is 5.69 Å². The lowest BCUT2D eigenvalue weighted by molar-refractivity contribution is 0.322. The van der Waals surface area contributed by atoms with Crippen LogP contribution in [0.3, 0.4) is 0 Å². The van der Waals surface area contributed by atoms with Gasteiger partial charge in [0, 0.05) is 16.4 Å². The third kappa shape index (κ3) is 1.37. The van der Waals surface area contributed by atoms with Gasteiger partial charge in [0.15, 0.2) is 0 Å². The van der Waals surface area contributed by atoms with Crippen LogP contribution in [0.5, 0.6) is 0 Å². The van der Waals surface area contributed by atoms with Gasteiger partial charge in [0.25, 0.3) is 0 Å². The molecular weight excluding hydrogens is 174 g/mol. The van der Waals surface area contributed by atoms with Crippen LogP contribution in [0.25, 0.3) is 0 Å². The van der Waals surface area contributed by atoms with Gasteiger partial charge in [-0.05, 0) is 19.8 Å². The second-order valence-corrected chi connectivity index (χ2v) is 5.80. The fraction of sp³-hybridized carbons (Fsp3) is 0.750. The molecule has 1 aromatic heterocycles. The molecule has 14 heavy (non-hydrogen) atoms. The maximum atomic E-state index is 5.48. The highest BCUT2D eigenvalue weighted by Gasteiger charge is 2.44. The number of aromatic nitrogens is 1. The Labute approximate surface area is 85.7 Å². The highest BCUT2D eigenvalue weighted by molar-refractivity contribution is 5.34. The van der Waals surface area contributed by atoms with Gasteiger partial charge in [-0.3, -0.25) is 0 Å². The molecule has 78 valence electrons. The Morgan fingerprint density at radius 1 is 1.29 bits per heavy atom. The van der Waals surface area contributed by atoms with E-state index in [-0.39, 0.29) is 5.41 Å². The van der Waals surface area contributed by atoms with Crippen molar-refractivity contribution in [1.29, 1.82) is 0 Å². The van der Waals surface area contributed by atoms with Crippen LogP contribution >= 0.6 is 0 Å². The normalized spacial score (nSPS) is 19.8. The quantitative estimate of drug-likeness (QED) is 0.683. The van der Waals surface area contributed by atoms with E-state index in [1.807, 2.05) is 0 Å². The molecule has 0 radical (unpaired) electrons. The fourth-order valence-corrected chi connectivity index (χ4v) is 2.02. The van der Waals surface area contributed by atoms with Crippen LogP contribution in [0.2, 0.25) is 0 Å². The minimum atomic E-state index is 0.0700. The smallest absolute Gasteiger partial charge is 0.145 e. The van der Waals surface area contributed by atoms with Gasteiger partial charge in [-0.1, -0.05) is 32.9 Å². The summed E-state index contributed by atoms with van der Waals surface area (Å²) in [4.78, 5) is 0. The lowest BCUT2D eigenvalue weighted by atomic mass is 9.88. The molecule has 0 atom stereocenters. The average molecular weight is 193 g/mol. The third-order valence-electron chi connectivity index (χ3n) is 3.18. The minimum Gasteiger partial charge on any atom is -0.360 e. The molecule has 1 fully saturated rings. The zero-order chi connectivity index (χ0) is 10.6. The second kappa shape index (κ2) is 2.62. The van der Waals surface area contributed by atoms with E-state index in [2.05, 4.69) is 39.8 Å². The standard InChI is InChI=1S/C12H19NO/c1-8-9(12(5)6-7-12)13-14-10(8)11(2,3)4/h6-7H2,1-5H3. The van der Waals surface area contributed by atoms with Crippen LogP contribution < -0.4 is 0 Å². The Hall–Kier alpha value is -0.790. The first-order chi connectivity index (χ1) is 6.34. The Morgan fingerprint density at radius 2 is 1.86 bits per heavy atom. The molecule has 1 aliphatic rings. The van der Waals surface area contributed by atoms with Crippen molar-refractivity contribution in [3.63, 3.8) is 0 Å². The van der Waals surface area contributed by atoms with Crippen molar-refractivity contribution in [3.8, 4) is 0 Å². The molecule has 0 unspecified atom stereocenters. The van der Waals surface area contributed by atoms with Crippen molar-refractivity contribution in [3.05, 3.63) is 17.0 Å². The van der Waals surface area contributed by atoms with Crippen molar-refractivity contribution < 1.29 is 4.52 Å². The van der Waals surface area contributed by atoms with Gasteiger partial charge in [-0.15, -0.1) is 0 Å². The average Bonchev–Trinajstić information content (AvgIpc) is 2.60. The molecule has 0 aromatic carbocycles. The zero-order valence-corrected chi connectivity index (χ0v) is 9.77. The molecule has 1 aliphatic carbocycles. The second-order valence-electron chi connectivity index (χ2n) is 5.80. The monoisotopic (exact) mass is 193 g/mol. The van der Waals surface area contributed by atoms with Crippen molar-refractivity contribution in [2.75, 3.05) is 0 Å². The molecule has 0 bridgehead atoms. The van der Waals surface area contributed by atoms with Gasteiger partial charge in [0.2, 0.25) is 0 Å². The number of hydrogen-bond acceptors (Lipinski definition) is 2. The molecule has 0 saturated heterocycles. The summed E-state index contributed by atoms with van der Waals surface area (Å²) in [6, 6.07) is 0. The maximum absolute atomic E-state index is 5.48. The van der Waals surface area contributed by atoms with Gasteiger partial charge >= 0.3 is 0 Å². The van der Waals surface area contributed by atoms with Gasteiger partial charge < -0.3 is 4.52 Å². The molecule has 0 N–H and O–H groups in total. The summed E-state index contributed by atoms with van der Waals surface area (Å²) in [5.41, 5.74) is 2.83. The van der Waals surface area contributed by atoms with Crippen LogP contribution in [0.1, 0.15) is 57.6 Å². The Morgan fingerprint density at radius 3 is 2.21 bits per heavy atom. The first-order valence-electron chi connectivity index (χ1n) is 5.32. The largest absolute Gasteiger partial charge is 0.360 e. The highest BCUT2D eigenvalue weighted by Crippen LogP contribution is 2.49. The summed E-state index contributed by atoms with van der Waals surface area (Å²) in [6.07, 6.45) is 2.51. The van der Waals surface area contributed by atoms with Gasteiger partial charge in [-0.25, -0.2) is 0 Å². The van der Waals surface area contributed by atoms with E-state index in [1.165, 1.54) is 24.1 Å². The van der Waals surface area contributed by atoms with E-state index in [0.717, 1.165) is 5.76 Å². The first-order valence-corrected chi connectivity index (χ1v) is 5.32. The topological polar surface area (TPSA) is 26.0 Å². The highest BCUT2D eigenvalue weighted by atomic mass is 16.5. The van der Waals surface area contributed by atoms with E-state index in [9.17, 15) is 0 Å². The first kappa shape index (κ1) is 9.75. The van der Waals surface area contributed by atoms with E-state index < -0.39 is 0 Å². The summed E-state index contributed by atoms with van der Waals surface area (Å²) in [5, 5.41) is 4.24. The van der Waals surface area contributed by atoms with Crippen LogP contribution in [0.15, 0.2) is 4.52 Å². The maximum Gasteiger partial charge on any atom is 0.145 e. The van der Waals surface area contributed by atoms with Crippen molar-refractivity contribution in [2.45, 2.75) is 58.3 Å². The van der Waals surface area contributed by atoms with Crippen molar-refractivity contribution >= 4 is 0 Å². The molecule has 2 nitrogen and oxygen atoms in total. The molecular formula is C12H19NO. The van der Waals surface area contributed by atoms with Gasteiger partial charge in [0.1, 0.15) is 5.76 Å². The third-order valence-corrected chi connectivity index (χ3v) is 3.18. The summed E-state index contributed by atoms with van der Waals surface area (Å²) < 4.78 is 5.48. The SMILES string of the molecule is Cc1c(C2(C)CC2)noc1C(C)(C)C. The van der Waals surface area contributed by atoms with Crippen molar-refractivity contribution in [2.24, 2.45) is 0 Å². The number of rotatable bonds is 1. The van der Waals surface area contributed by atoms with E-state index >= 15 is 0 Å². The van der Waals surface area contributed by atoms with E-state index in [4.69, 9.17) is 4.52 Å². The molecule has 1 heterocycles. The number of hydrogen-bond donors (Lipinski definition) is 0. The van der Waals surface area contributed by atoms with Crippen LogP contribution in [0, 0.1) is 6.92 Å². The molecule has 2 rings (SSSR count). The zero-order valence-electron chi connectivity index (χ0n) is 9.77. The predicted molar refractivity (Wildman–Crippen MR) is 56.5 cm³/mol. The number of nitrogens with zero attached hydrogens (tertiary/aromatic N) is 1. The fourth-order valence-electron chi connectivity index (χ4n) is 2.02. The Kier molecular flexibility index (Phi) is 1.82.